The van der Waals surface area contributed by atoms with Crippen LogP contribution in [-0.2, 0) is 10.0 Å². The van der Waals surface area contributed by atoms with Crippen LogP contribution < -0.4 is 5.73 Å². The Morgan fingerprint density at radius 1 is 1.40 bits per heavy atom. The molecule has 0 amide bonds. The van der Waals surface area contributed by atoms with Crippen molar-refractivity contribution in [1.29, 1.82) is 0 Å². The van der Waals surface area contributed by atoms with Gasteiger partial charge in [0.2, 0.25) is 10.0 Å². The lowest BCUT2D eigenvalue weighted by molar-refractivity contribution is 0.314. The van der Waals surface area contributed by atoms with Crippen LogP contribution in [-0.4, -0.2) is 42.6 Å². The van der Waals surface area contributed by atoms with Crippen LogP contribution in [0.25, 0.3) is 0 Å². The van der Waals surface area contributed by atoms with Gasteiger partial charge in [0.1, 0.15) is 0 Å². The fraction of sp³-hybridized carbons (Fsp3) is 0.875. The first-order valence-corrected chi connectivity index (χ1v) is 6.53. The lowest BCUT2D eigenvalue weighted by Gasteiger charge is -2.20. The van der Waals surface area contributed by atoms with E-state index < -0.39 is 10.0 Å². The number of hydrogen-bond acceptors (Lipinski definition) is 4. The zero-order valence-corrected chi connectivity index (χ0v) is 10.00. The molecule has 0 saturated carbocycles. The van der Waals surface area contributed by atoms with Gasteiger partial charge >= 0.3 is 0 Å². The molecule has 0 aromatic carbocycles. The maximum atomic E-state index is 11.7. The van der Waals surface area contributed by atoms with Crippen molar-refractivity contribution in [3.8, 4) is 0 Å². The molecule has 3 N–H and O–H groups in total. The van der Waals surface area contributed by atoms with Crippen molar-refractivity contribution in [1.82, 2.24) is 4.31 Å². The number of sulfonamides is 1. The molecule has 90 valence electrons. The van der Waals surface area contributed by atoms with Crippen LogP contribution >= 0.6 is 0 Å². The van der Waals surface area contributed by atoms with Gasteiger partial charge in [-0.15, -0.1) is 0 Å². The molecule has 0 heterocycles. The second-order valence-electron chi connectivity index (χ2n) is 3.24. The zero-order valence-electron chi connectivity index (χ0n) is 9.18. The van der Waals surface area contributed by atoms with E-state index in [0.717, 1.165) is 0 Å². The summed E-state index contributed by atoms with van der Waals surface area (Å²) in [5.41, 5.74) is 5.29. The van der Waals surface area contributed by atoms with Crippen LogP contribution in [0.15, 0.2) is 5.16 Å². The molecule has 0 rings (SSSR count). The minimum atomic E-state index is -3.28. The molecule has 7 heteroatoms. The summed E-state index contributed by atoms with van der Waals surface area (Å²) in [7, 11) is -3.28. The molecule has 0 spiro atoms. The number of rotatable bonds is 7. The fourth-order valence-corrected chi connectivity index (χ4v) is 2.73. The monoisotopic (exact) mass is 237 g/mol. The van der Waals surface area contributed by atoms with E-state index in [1.54, 1.807) is 6.92 Å². The lowest BCUT2D eigenvalue weighted by Crippen LogP contribution is -2.40. The van der Waals surface area contributed by atoms with Gasteiger partial charge in [0.15, 0.2) is 5.84 Å². The van der Waals surface area contributed by atoms with E-state index in [0.29, 0.717) is 19.4 Å². The van der Waals surface area contributed by atoms with Gasteiger partial charge in [0, 0.05) is 6.54 Å². The van der Waals surface area contributed by atoms with Crippen molar-refractivity contribution in [2.75, 3.05) is 18.8 Å². The predicted octanol–water partition coefficient (Wildman–Crippen LogP) is 0.185. The second-order valence-corrected chi connectivity index (χ2v) is 5.33. The Morgan fingerprint density at radius 2 is 2.00 bits per heavy atom. The van der Waals surface area contributed by atoms with Crippen LogP contribution in [0.5, 0.6) is 0 Å². The van der Waals surface area contributed by atoms with Crippen LogP contribution in [0.2, 0.25) is 0 Å². The van der Waals surface area contributed by atoms with Gasteiger partial charge in [0.25, 0.3) is 0 Å². The summed E-state index contributed by atoms with van der Waals surface area (Å²) in [5.74, 6) is -0.00533. The largest absolute Gasteiger partial charge is 0.409 e. The van der Waals surface area contributed by atoms with Crippen molar-refractivity contribution < 1.29 is 13.6 Å². The highest BCUT2D eigenvalue weighted by molar-refractivity contribution is 7.89. The second kappa shape index (κ2) is 6.62. The normalized spacial score (nSPS) is 13.4. The number of hydrogen-bond donors (Lipinski definition) is 2. The van der Waals surface area contributed by atoms with Gasteiger partial charge in [-0.25, -0.2) is 8.42 Å². The van der Waals surface area contributed by atoms with Crippen LogP contribution in [0, 0.1) is 0 Å². The van der Waals surface area contributed by atoms with Crippen molar-refractivity contribution in [2.45, 2.75) is 26.7 Å². The molecule has 0 aliphatic carbocycles. The Labute approximate surface area is 90.8 Å². The highest BCUT2D eigenvalue weighted by atomic mass is 32.2. The molecule has 0 aliphatic rings. The summed E-state index contributed by atoms with van der Waals surface area (Å²) in [5, 5.41) is 11.2. The van der Waals surface area contributed by atoms with Gasteiger partial charge in [-0.2, -0.15) is 4.31 Å². The summed E-state index contributed by atoms with van der Waals surface area (Å²) in [6.45, 7) is 4.01. The average molecular weight is 237 g/mol. The van der Waals surface area contributed by atoms with Gasteiger partial charge in [-0.1, -0.05) is 19.0 Å². The Morgan fingerprint density at radius 3 is 2.40 bits per heavy atom. The van der Waals surface area contributed by atoms with Crippen LogP contribution in [0.4, 0.5) is 0 Å². The summed E-state index contributed by atoms with van der Waals surface area (Å²) >= 11 is 0. The van der Waals surface area contributed by atoms with Gasteiger partial charge < -0.3 is 10.9 Å². The van der Waals surface area contributed by atoms with E-state index >= 15 is 0 Å². The SMILES string of the molecule is CCCN(CC(N)=NO)S(=O)(=O)CCC. The zero-order chi connectivity index (χ0) is 11.9. The molecule has 0 aromatic rings. The smallest absolute Gasteiger partial charge is 0.214 e. The molecule has 0 fully saturated rings. The van der Waals surface area contributed by atoms with Crippen molar-refractivity contribution in [2.24, 2.45) is 10.9 Å². The summed E-state index contributed by atoms with van der Waals surface area (Å²) in [6, 6.07) is 0. The third-order valence-corrected chi connectivity index (χ3v) is 3.82. The quantitative estimate of drug-likeness (QED) is 0.286. The van der Waals surface area contributed by atoms with E-state index in [4.69, 9.17) is 10.9 Å². The van der Waals surface area contributed by atoms with Crippen LogP contribution in [0.1, 0.15) is 26.7 Å². The number of oxime groups is 1. The van der Waals surface area contributed by atoms with Gasteiger partial charge in [0.05, 0.1) is 12.3 Å². The van der Waals surface area contributed by atoms with Crippen LogP contribution in [0.3, 0.4) is 0 Å². The minimum absolute atomic E-state index is 0.0489. The van der Waals surface area contributed by atoms with E-state index in [9.17, 15) is 8.42 Å². The summed E-state index contributed by atoms with van der Waals surface area (Å²) in [6.07, 6.45) is 1.25. The van der Waals surface area contributed by atoms with Gasteiger partial charge in [-0.05, 0) is 12.8 Å². The molecule has 0 radical (unpaired) electrons. The Bertz CT molecular complexity index is 300. The first-order valence-electron chi connectivity index (χ1n) is 4.92. The standard InChI is InChI=1S/C8H19N3O3S/c1-3-5-11(7-8(9)10-12)15(13,14)6-4-2/h12H,3-7H2,1-2H3,(H2,9,10). The maximum absolute atomic E-state index is 11.7. The lowest BCUT2D eigenvalue weighted by atomic mass is 10.4. The molecule has 15 heavy (non-hydrogen) atoms. The fourth-order valence-electron chi connectivity index (χ4n) is 1.17. The van der Waals surface area contributed by atoms with Crippen molar-refractivity contribution in [3.05, 3.63) is 0 Å². The predicted molar refractivity (Wildman–Crippen MR) is 59.4 cm³/mol. The maximum Gasteiger partial charge on any atom is 0.214 e. The Hall–Kier alpha value is -0.820. The first kappa shape index (κ1) is 14.2. The molecule has 6 nitrogen and oxygen atoms in total. The van der Waals surface area contributed by atoms with E-state index in [1.807, 2.05) is 6.92 Å². The molecule has 0 bridgehead atoms. The molecule has 0 unspecified atom stereocenters. The van der Waals surface area contributed by atoms with E-state index in [1.165, 1.54) is 4.31 Å². The number of amidine groups is 1. The Kier molecular flexibility index (Phi) is 6.26. The van der Waals surface area contributed by atoms with Crippen molar-refractivity contribution >= 4 is 15.9 Å². The minimum Gasteiger partial charge on any atom is -0.409 e. The van der Waals surface area contributed by atoms with E-state index in [2.05, 4.69) is 5.16 Å². The summed E-state index contributed by atoms with van der Waals surface area (Å²) in [4.78, 5) is 0. The highest BCUT2D eigenvalue weighted by Gasteiger charge is 2.21. The molecule has 0 atom stereocenters. The van der Waals surface area contributed by atoms with Gasteiger partial charge in [-0.3, -0.25) is 0 Å². The first-order chi connectivity index (χ1) is 6.97. The number of nitrogens with zero attached hydrogens (tertiary/aromatic N) is 2. The molecular weight excluding hydrogens is 218 g/mol. The van der Waals surface area contributed by atoms with E-state index in [-0.39, 0.29) is 18.1 Å². The molecule has 0 aliphatic heterocycles. The van der Waals surface area contributed by atoms with Crippen molar-refractivity contribution in [3.63, 3.8) is 0 Å². The third kappa shape index (κ3) is 4.98. The highest BCUT2D eigenvalue weighted by Crippen LogP contribution is 2.04. The molecule has 0 saturated heterocycles. The molecule has 0 aromatic heterocycles. The molecular formula is C8H19N3O3S. The Balaban J connectivity index is 4.65. The number of nitrogens with two attached hydrogens (primary N) is 1. The topological polar surface area (TPSA) is 96.0 Å². The third-order valence-electron chi connectivity index (χ3n) is 1.80. The average Bonchev–Trinajstić information content (AvgIpc) is 2.16. The summed E-state index contributed by atoms with van der Waals surface area (Å²) < 4.78 is 24.7.